The summed E-state index contributed by atoms with van der Waals surface area (Å²) in [6.45, 7) is 2.85. The molecule has 0 spiro atoms. The molecule has 0 N–H and O–H groups in total. The molecule has 1 aromatic heterocycles. The summed E-state index contributed by atoms with van der Waals surface area (Å²) in [7, 11) is 7.21. The van der Waals surface area contributed by atoms with Crippen LogP contribution >= 0.6 is 11.3 Å². The smallest absolute Gasteiger partial charge is 0.260 e. The van der Waals surface area contributed by atoms with Crippen LogP contribution in [-0.4, -0.2) is 93.2 Å². The van der Waals surface area contributed by atoms with E-state index in [1.54, 1.807) is 17.0 Å². The van der Waals surface area contributed by atoms with E-state index in [9.17, 15) is 28.3 Å². The number of amides is 2. The minimum Gasteiger partial charge on any atom is -0.550 e. The van der Waals surface area contributed by atoms with Crippen molar-refractivity contribution in [3.63, 3.8) is 0 Å². The molecule has 2 aromatic carbocycles. The van der Waals surface area contributed by atoms with Crippen LogP contribution in [0.25, 0.3) is 10.2 Å². The number of nitrogens with zero attached hydrogens (tertiary/aromatic N) is 4. The van der Waals surface area contributed by atoms with Gasteiger partial charge in [-0.3, -0.25) is 14.5 Å². The summed E-state index contributed by atoms with van der Waals surface area (Å²) in [6.07, 6.45) is -0.768. The second-order valence-corrected chi connectivity index (χ2v) is 12.6. The molecule has 2 aliphatic rings. The van der Waals surface area contributed by atoms with E-state index in [0.717, 1.165) is 29.7 Å². The number of hydrogen-bond acceptors (Lipinski definition) is 8. The number of hydrogen-bond donors (Lipinski definition) is 0. The van der Waals surface area contributed by atoms with Crippen molar-refractivity contribution in [1.29, 1.82) is 0 Å². The SMILES string of the molecule is COc1cc2sc(N(C)C(=O)C3(CC(=O)[O-])Cc4cc(F)c(F)cc4C3)nc2cc1OCC(=O)N1CC[N+](C)(C)CC1. The lowest BCUT2D eigenvalue weighted by Crippen LogP contribution is -2.56. The molecule has 10 nitrogen and oxygen atoms in total. The van der Waals surface area contributed by atoms with Crippen LogP contribution < -0.4 is 19.5 Å². The van der Waals surface area contributed by atoms with Gasteiger partial charge in [0.25, 0.3) is 5.91 Å². The number of aliphatic carboxylic acids is 1. The zero-order valence-corrected chi connectivity index (χ0v) is 24.7. The molecule has 2 amide bonds. The van der Waals surface area contributed by atoms with Crippen LogP contribution in [0.4, 0.5) is 13.9 Å². The fourth-order valence-corrected chi connectivity index (χ4v) is 6.58. The molecule has 42 heavy (non-hydrogen) atoms. The summed E-state index contributed by atoms with van der Waals surface area (Å²) in [5.41, 5.74) is -0.227. The number of ether oxygens (including phenoxy) is 2. The molecule has 3 aromatic rings. The molecule has 0 saturated carbocycles. The maximum absolute atomic E-state index is 13.9. The Morgan fingerprint density at radius 3 is 2.26 bits per heavy atom. The Labute approximate surface area is 245 Å². The number of methoxy groups -OCH3 is 1. The average molecular weight is 603 g/mol. The lowest BCUT2D eigenvalue weighted by Gasteiger charge is -2.38. The maximum atomic E-state index is 13.9. The topological polar surface area (TPSA) is 112 Å². The Hall–Kier alpha value is -3.84. The van der Waals surface area contributed by atoms with E-state index < -0.39 is 35.3 Å². The molecule has 0 unspecified atom stereocenters. The molecular formula is C29H32F2N4O6S. The number of fused-ring (bicyclic) bond motifs is 2. The van der Waals surface area contributed by atoms with E-state index in [1.807, 2.05) is 0 Å². The van der Waals surface area contributed by atoms with Gasteiger partial charge in [-0.15, -0.1) is 0 Å². The van der Waals surface area contributed by atoms with Gasteiger partial charge in [0.2, 0.25) is 5.91 Å². The van der Waals surface area contributed by atoms with Gasteiger partial charge >= 0.3 is 0 Å². The number of piperazine rings is 1. The zero-order chi connectivity index (χ0) is 30.4. The van der Waals surface area contributed by atoms with Crippen molar-refractivity contribution in [3.8, 4) is 11.5 Å². The molecule has 13 heteroatoms. The number of anilines is 1. The number of aromatic nitrogens is 1. The molecule has 0 bridgehead atoms. The predicted octanol–water partition coefficient (Wildman–Crippen LogP) is 1.77. The Balaban J connectivity index is 1.36. The Morgan fingerprint density at radius 2 is 1.69 bits per heavy atom. The predicted molar refractivity (Wildman–Crippen MR) is 149 cm³/mol. The van der Waals surface area contributed by atoms with E-state index >= 15 is 0 Å². The second-order valence-electron chi connectivity index (χ2n) is 11.6. The first kappa shape index (κ1) is 29.6. The number of quaternary nitrogens is 1. The lowest BCUT2D eigenvalue weighted by atomic mass is 9.80. The number of benzene rings is 2. The molecule has 1 fully saturated rings. The van der Waals surface area contributed by atoms with Crippen LogP contribution in [0.2, 0.25) is 0 Å². The molecule has 1 aliphatic carbocycles. The van der Waals surface area contributed by atoms with E-state index in [1.165, 1.54) is 30.4 Å². The van der Waals surface area contributed by atoms with Crippen LogP contribution in [0.1, 0.15) is 17.5 Å². The summed E-state index contributed by atoms with van der Waals surface area (Å²) in [6, 6.07) is 5.35. The quantitative estimate of drug-likeness (QED) is 0.362. The lowest BCUT2D eigenvalue weighted by molar-refractivity contribution is -0.894. The van der Waals surface area contributed by atoms with Gasteiger partial charge in [0.1, 0.15) is 0 Å². The van der Waals surface area contributed by atoms with Crippen LogP contribution in [0, 0.1) is 17.0 Å². The first-order valence-corrected chi connectivity index (χ1v) is 14.3. The second kappa shape index (κ2) is 11.1. The highest BCUT2D eigenvalue weighted by atomic mass is 32.1. The van der Waals surface area contributed by atoms with Crippen molar-refractivity contribution in [2.75, 3.05) is 65.9 Å². The van der Waals surface area contributed by atoms with E-state index in [4.69, 9.17) is 9.47 Å². The highest BCUT2D eigenvalue weighted by Gasteiger charge is 2.46. The maximum Gasteiger partial charge on any atom is 0.260 e. The molecule has 2 heterocycles. The Bertz CT molecular complexity index is 1530. The van der Waals surface area contributed by atoms with Crippen LogP contribution in [0.5, 0.6) is 11.5 Å². The van der Waals surface area contributed by atoms with Gasteiger partial charge in [-0.1, -0.05) is 11.3 Å². The highest BCUT2D eigenvalue weighted by Crippen LogP contribution is 2.44. The van der Waals surface area contributed by atoms with Crippen molar-refractivity contribution < 1.29 is 42.2 Å². The number of carboxylic acid groups (broad SMARTS) is 1. The fourth-order valence-electron chi connectivity index (χ4n) is 5.65. The summed E-state index contributed by atoms with van der Waals surface area (Å²) in [5.74, 6) is -3.53. The van der Waals surface area contributed by atoms with Crippen molar-refractivity contribution in [1.82, 2.24) is 9.88 Å². The van der Waals surface area contributed by atoms with Crippen LogP contribution in [-0.2, 0) is 27.2 Å². The van der Waals surface area contributed by atoms with Gasteiger partial charge < -0.3 is 28.8 Å². The monoisotopic (exact) mass is 602 g/mol. The molecular weight excluding hydrogens is 570 g/mol. The number of thiazole rings is 1. The fraction of sp³-hybridized carbons (Fsp3) is 0.448. The van der Waals surface area contributed by atoms with E-state index in [2.05, 4.69) is 19.1 Å². The normalized spacial score (nSPS) is 17.1. The summed E-state index contributed by atoms with van der Waals surface area (Å²) in [5, 5.41) is 12.0. The summed E-state index contributed by atoms with van der Waals surface area (Å²) in [4.78, 5) is 45.9. The number of carbonyl (C=O) groups excluding carboxylic acids is 3. The minimum atomic E-state index is -1.48. The third kappa shape index (κ3) is 5.75. The molecule has 5 rings (SSSR count). The molecule has 224 valence electrons. The largest absolute Gasteiger partial charge is 0.550 e. The van der Waals surface area contributed by atoms with Crippen molar-refractivity contribution in [2.24, 2.45) is 5.41 Å². The van der Waals surface area contributed by atoms with Gasteiger partial charge in [-0.25, -0.2) is 13.8 Å². The van der Waals surface area contributed by atoms with Gasteiger partial charge in [0, 0.05) is 31.6 Å². The summed E-state index contributed by atoms with van der Waals surface area (Å²) >= 11 is 1.18. The van der Waals surface area contributed by atoms with Gasteiger partial charge in [0.15, 0.2) is 34.9 Å². The first-order chi connectivity index (χ1) is 19.8. The Kier molecular flexibility index (Phi) is 7.84. The number of likely N-dealkylation sites (N-methyl/N-ethyl adjacent to an activating group) is 1. The molecule has 1 saturated heterocycles. The highest BCUT2D eigenvalue weighted by molar-refractivity contribution is 7.22. The van der Waals surface area contributed by atoms with Gasteiger partial charge in [-0.2, -0.15) is 0 Å². The van der Waals surface area contributed by atoms with Crippen molar-refractivity contribution >= 4 is 44.5 Å². The number of carboxylic acids is 1. The molecule has 0 radical (unpaired) electrons. The standard InChI is InChI=1S/C29H32F2N4O6S/c1-33(27(39)29(15-26(37)38)13-17-9-19(30)20(31)10-18(17)14-29)28-32-21-11-23(22(40-4)12-24(21)42-28)41-16-25(36)34-5-7-35(2,3)8-6-34/h9-12H,5-8,13-16H2,1-4H3. The zero-order valence-electron chi connectivity index (χ0n) is 23.9. The van der Waals surface area contributed by atoms with Gasteiger partial charge in [-0.05, 0) is 36.1 Å². The van der Waals surface area contributed by atoms with Crippen molar-refractivity contribution in [3.05, 3.63) is 47.0 Å². The third-order valence-corrected chi connectivity index (χ3v) is 9.24. The number of rotatable bonds is 8. The van der Waals surface area contributed by atoms with Gasteiger partial charge in [0.05, 0.1) is 63.0 Å². The number of carbonyl (C=O) groups is 3. The van der Waals surface area contributed by atoms with Crippen molar-refractivity contribution in [2.45, 2.75) is 19.3 Å². The minimum absolute atomic E-state index is 0.0745. The van der Waals surface area contributed by atoms with E-state index in [0.29, 0.717) is 45.9 Å². The molecule has 1 aliphatic heterocycles. The first-order valence-electron chi connectivity index (χ1n) is 13.5. The average Bonchev–Trinajstić information content (AvgIpc) is 3.51. The van der Waals surface area contributed by atoms with Crippen LogP contribution in [0.15, 0.2) is 24.3 Å². The Morgan fingerprint density at radius 1 is 1.07 bits per heavy atom. The number of halogens is 2. The molecule has 0 atom stereocenters. The van der Waals surface area contributed by atoms with Crippen LogP contribution in [0.3, 0.4) is 0 Å². The summed E-state index contributed by atoms with van der Waals surface area (Å²) < 4.78 is 40.7. The third-order valence-electron chi connectivity index (χ3n) is 8.15. The van der Waals surface area contributed by atoms with E-state index in [-0.39, 0.29) is 30.5 Å².